The zero-order chi connectivity index (χ0) is 21.6. The number of hydrogen-bond acceptors (Lipinski definition) is 6. The van der Waals surface area contributed by atoms with Crippen molar-refractivity contribution in [2.75, 3.05) is 36.4 Å². The van der Waals surface area contributed by atoms with Crippen LogP contribution in [0.2, 0.25) is 0 Å². The van der Waals surface area contributed by atoms with Crippen molar-refractivity contribution in [2.24, 2.45) is 4.99 Å². The third-order valence-electron chi connectivity index (χ3n) is 5.51. The number of nitrogens with zero attached hydrogens (tertiary/aromatic N) is 7. The van der Waals surface area contributed by atoms with Crippen LogP contribution in [0.4, 0.5) is 11.9 Å². The molecule has 3 heterocycles. The molecule has 2 fully saturated rings. The van der Waals surface area contributed by atoms with Gasteiger partial charge in [0.05, 0.1) is 0 Å². The molecule has 31 heavy (non-hydrogen) atoms. The highest BCUT2D eigenvalue weighted by atomic mass is 32.1. The van der Waals surface area contributed by atoms with E-state index in [1.165, 1.54) is 12.8 Å². The Labute approximate surface area is 188 Å². The largest absolute Gasteiger partial charge is 0.358 e. The molecule has 164 valence electrons. The van der Waals surface area contributed by atoms with Crippen molar-refractivity contribution in [3.63, 3.8) is 0 Å². The summed E-state index contributed by atoms with van der Waals surface area (Å²) in [7, 11) is 0. The summed E-state index contributed by atoms with van der Waals surface area (Å²) < 4.78 is 0. The predicted molar refractivity (Wildman–Crippen MR) is 126 cm³/mol. The second-order valence-corrected chi connectivity index (χ2v) is 8.38. The molecule has 1 saturated heterocycles. The van der Waals surface area contributed by atoms with E-state index in [0.29, 0.717) is 23.1 Å². The molecule has 0 unspecified atom stereocenters. The molecule has 10 heteroatoms. The molecule has 0 spiro atoms. The maximum absolute atomic E-state index is 5.57. The van der Waals surface area contributed by atoms with Crippen molar-refractivity contribution >= 4 is 35.2 Å². The van der Waals surface area contributed by atoms with Crippen LogP contribution in [0.25, 0.3) is 0 Å². The summed E-state index contributed by atoms with van der Waals surface area (Å²) in [4.78, 5) is 26.9. The third-order valence-corrected chi connectivity index (χ3v) is 5.72. The molecule has 2 aliphatic rings. The fourth-order valence-corrected chi connectivity index (χ4v) is 4.26. The van der Waals surface area contributed by atoms with Crippen molar-refractivity contribution in [1.29, 1.82) is 0 Å². The molecule has 0 amide bonds. The van der Waals surface area contributed by atoms with E-state index < -0.39 is 0 Å². The Morgan fingerprint density at radius 2 is 1.68 bits per heavy atom. The molecule has 0 radical (unpaired) electrons. The number of hydrogen-bond donors (Lipinski definition) is 2. The van der Waals surface area contributed by atoms with E-state index >= 15 is 0 Å². The molecule has 2 aromatic rings. The summed E-state index contributed by atoms with van der Waals surface area (Å²) in [5.74, 6) is 1.97. The van der Waals surface area contributed by atoms with Crippen molar-refractivity contribution in [3.8, 4) is 0 Å². The van der Waals surface area contributed by atoms with Gasteiger partial charge in [0.2, 0.25) is 17.9 Å². The van der Waals surface area contributed by atoms with Crippen LogP contribution in [0.3, 0.4) is 0 Å². The molecule has 0 atom stereocenters. The number of aliphatic imine (C=N–C) groups is 1. The quantitative estimate of drug-likeness (QED) is 0.424. The molecule has 1 saturated carbocycles. The van der Waals surface area contributed by atoms with Crippen LogP contribution < -0.4 is 15.5 Å². The van der Waals surface area contributed by atoms with E-state index in [1.54, 1.807) is 12.4 Å². The second kappa shape index (κ2) is 9.95. The van der Waals surface area contributed by atoms with E-state index in [0.717, 1.165) is 56.4 Å². The smallest absolute Gasteiger partial charge is 0.229 e. The number of rotatable bonds is 3. The highest BCUT2D eigenvalue weighted by Crippen LogP contribution is 2.18. The van der Waals surface area contributed by atoms with E-state index in [-0.39, 0.29) is 0 Å². The summed E-state index contributed by atoms with van der Waals surface area (Å²) in [6.07, 6.45) is 8.33. The highest BCUT2D eigenvalue weighted by Gasteiger charge is 2.23. The molecular weight excluding hydrogens is 410 g/mol. The van der Waals surface area contributed by atoms with Crippen LogP contribution in [0.1, 0.15) is 37.1 Å². The number of nitrogens with one attached hydrogen (secondary N) is 2. The van der Waals surface area contributed by atoms with Gasteiger partial charge in [0.25, 0.3) is 0 Å². The highest BCUT2D eigenvalue weighted by molar-refractivity contribution is 7.80. The van der Waals surface area contributed by atoms with Gasteiger partial charge in [-0.1, -0.05) is 12.8 Å². The summed E-state index contributed by atoms with van der Waals surface area (Å²) in [5, 5.41) is 7.22. The summed E-state index contributed by atoms with van der Waals surface area (Å²) >= 11 is 5.57. The first kappa shape index (κ1) is 21.4. The van der Waals surface area contributed by atoms with Crippen LogP contribution >= 0.6 is 12.2 Å². The lowest BCUT2D eigenvalue weighted by atomic mass is 10.3. The van der Waals surface area contributed by atoms with Gasteiger partial charge in [0.1, 0.15) is 0 Å². The van der Waals surface area contributed by atoms with E-state index in [1.807, 2.05) is 26.0 Å². The SMILES string of the molecule is Cc1cc(C)nc(N/C(=N/C(=S)NC2CCCC2)N2CCN(c3ncccn3)CC2)n1. The van der Waals surface area contributed by atoms with Crippen molar-refractivity contribution in [2.45, 2.75) is 45.6 Å². The van der Waals surface area contributed by atoms with Crippen LogP contribution in [0.15, 0.2) is 29.5 Å². The van der Waals surface area contributed by atoms with E-state index in [9.17, 15) is 0 Å². The standard InChI is InChI=1S/C21H29N9S/c1-15-14-16(2)25-18(24-15)27-20(28-21(31)26-17-6-3-4-7-17)30-12-10-29(11-13-30)19-22-8-5-9-23-19/h5,8-9,14,17H,3-4,6-7,10-13H2,1-2H3,(H2,24,25,26,27,28,31). The van der Waals surface area contributed by atoms with Gasteiger partial charge in [-0.05, 0) is 51.0 Å². The minimum absolute atomic E-state index is 0.419. The second-order valence-electron chi connectivity index (χ2n) is 7.99. The molecule has 9 nitrogen and oxygen atoms in total. The number of aromatic nitrogens is 4. The molecule has 2 N–H and O–H groups in total. The van der Waals surface area contributed by atoms with Gasteiger partial charge in [-0.2, -0.15) is 4.99 Å². The Kier molecular flexibility index (Phi) is 6.86. The maximum Gasteiger partial charge on any atom is 0.229 e. The average Bonchev–Trinajstić information content (AvgIpc) is 3.26. The predicted octanol–water partition coefficient (Wildman–Crippen LogP) is 2.29. The average molecular weight is 440 g/mol. The van der Waals surface area contributed by atoms with Crippen molar-refractivity contribution < 1.29 is 0 Å². The van der Waals surface area contributed by atoms with Crippen LogP contribution in [-0.2, 0) is 0 Å². The number of anilines is 2. The van der Waals surface area contributed by atoms with Crippen molar-refractivity contribution in [1.82, 2.24) is 30.2 Å². The Morgan fingerprint density at radius 1 is 1.03 bits per heavy atom. The molecule has 1 aliphatic heterocycles. The lowest BCUT2D eigenvalue weighted by molar-refractivity contribution is 0.382. The molecule has 4 rings (SSSR count). The Hall–Kier alpha value is -2.88. The van der Waals surface area contributed by atoms with Gasteiger partial charge in [-0.15, -0.1) is 0 Å². The fraction of sp³-hybridized carbons (Fsp3) is 0.524. The Morgan fingerprint density at radius 3 is 2.32 bits per heavy atom. The Balaban J connectivity index is 1.49. The van der Waals surface area contributed by atoms with Gasteiger partial charge < -0.3 is 15.1 Å². The normalized spacial score (nSPS) is 17.7. The van der Waals surface area contributed by atoms with Crippen LogP contribution in [-0.4, -0.2) is 68.1 Å². The molecular formula is C21H29N9S. The number of aryl methyl sites for hydroxylation is 2. The molecule has 1 aliphatic carbocycles. The van der Waals surface area contributed by atoms with E-state index in [2.05, 4.69) is 40.4 Å². The first-order chi connectivity index (χ1) is 15.1. The first-order valence-electron chi connectivity index (χ1n) is 10.8. The zero-order valence-corrected chi connectivity index (χ0v) is 18.9. The fourth-order valence-electron chi connectivity index (χ4n) is 4.01. The maximum atomic E-state index is 5.57. The van der Waals surface area contributed by atoms with Crippen LogP contribution in [0.5, 0.6) is 0 Å². The van der Waals surface area contributed by atoms with E-state index in [4.69, 9.17) is 17.2 Å². The van der Waals surface area contributed by atoms with Crippen LogP contribution in [0, 0.1) is 13.8 Å². The monoisotopic (exact) mass is 439 g/mol. The lowest BCUT2D eigenvalue weighted by Gasteiger charge is -2.36. The lowest BCUT2D eigenvalue weighted by Crippen LogP contribution is -2.51. The molecule has 0 bridgehead atoms. The molecule has 2 aromatic heterocycles. The number of thiocarbonyl (C=S) groups is 1. The van der Waals surface area contributed by atoms with Gasteiger partial charge >= 0.3 is 0 Å². The Bertz CT molecular complexity index is 899. The minimum atomic E-state index is 0.419. The summed E-state index contributed by atoms with van der Waals surface area (Å²) in [5.41, 5.74) is 1.82. The topological polar surface area (TPSA) is 94.5 Å². The number of guanidine groups is 1. The van der Waals surface area contributed by atoms with Gasteiger partial charge in [0, 0.05) is 56.0 Å². The van der Waals surface area contributed by atoms with Crippen molar-refractivity contribution in [3.05, 3.63) is 35.9 Å². The zero-order valence-electron chi connectivity index (χ0n) is 18.1. The third kappa shape index (κ3) is 5.84. The molecule has 0 aromatic carbocycles. The summed E-state index contributed by atoms with van der Waals surface area (Å²) in [6.45, 7) is 7.04. The summed E-state index contributed by atoms with van der Waals surface area (Å²) in [6, 6.07) is 4.20. The number of piperazine rings is 1. The van der Waals surface area contributed by atoms with Gasteiger partial charge in [-0.25, -0.2) is 19.9 Å². The first-order valence-corrected chi connectivity index (χ1v) is 11.2. The minimum Gasteiger partial charge on any atom is -0.358 e. The van der Waals surface area contributed by atoms with Gasteiger partial charge in [-0.3, -0.25) is 5.32 Å². The van der Waals surface area contributed by atoms with Gasteiger partial charge in [0.15, 0.2) is 5.11 Å².